The molecule has 1 aliphatic heterocycles. The van der Waals surface area contributed by atoms with E-state index in [1.807, 2.05) is 30.9 Å². The van der Waals surface area contributed by atoms with E-state index in [1.54, 1.807) is 0 Å². The number of likely N-dealkylation sites (tertiary alicyclic amines) is 1. The van der Waals surface area contributed by atoms with Gasteiger partial charge in [0.1, 0.15) is 0 Å². The maximum Gasteiger partial charge on any atom is 0.253 e. The summed E-state index contributed by atoms with van der Waals surface area (Å²) >= 11 is 0. The molecule has 1 aliphatic carbocycles. The van der Waals surface area contributed by atoms with E-state index in [1.165, 1.54) is 32.1 Å². The fraction of sp³-hybridized carbons (Fsp3) is 0.652. The van der Waals surface area contributed by atoms with Crippen molar-refractivity contribution in [3.63, 3.8) is 0 Å². The van der Waals surface area contributed by atoms with Crippen LogP contribution in [0.1, 0.15) is 79.3 Å². The number of rotatable bonds is 3. The van der Waals surface area contributed by atoms with Gasteiger partial charge in [-0.15, -0.1) is 0 Å². The lowest BCUT2D eigenvalue weighted by Gasteiger charge is -2.33. The summed E-state index contributed by atoms with van der Waals surface area (Å²) in [7, 11) is 0. The Hall–Kier alpha value is -1.84. The third kappa shape index (κ3) is 5.57. The molecule has 3 rings (SSSR count). The molecule has 1 N–H and O–H groups in total. The number of carbonyl (C=O) groups excluding carboxylic acids is 2. The fourth-order valence-corrected chi connectivity index (χ4v) is 4.58. The fourth-order valence-electron chi connectivity index (χ4n) is 4.58. The van der Waals surface area contributed by atoms with Gasteiger partial charge in [0, 0.05) is 24.7 Å². The quantitative estimate of drug-likeness (QED) is 0.858. The Balaban J connectivity index is 1.59. The third-order valence-electron chi connectivity index (χ3n) is 6.00. The maximum absolute atomic E-state index is 12.9. The number of carbonyl (C=O) groups is 2. The van der Waals surface area contributed by atoms with Crippen molar-refractivity contribution >= 4 is 11.8 Å². The summed E-state index contributed by atoms with van der Waals surface area (Å²) in [5.41, 5.74) is 2.96. The first-order valence-electron chi connectivity index (χ1n) is 10.7. The molecule has 0 spiro atoms. The molecule has 0 aromatic heterocycles. The van der Waals surface area contributed by atoms with E-state index in [4.69, 9.17) is 0 Å². The molecule has 4 nitrogen and oxygen atoms in total. The molecular formula is C23H34N2O2. The SMILES string of the molecule is Cc1cc(C)cc(C(=O)N2CCCC(C(=O)NC3CCCCCCC3)C2)c1. The van der Waals surface area contributed by atoms with Gasteiger partial charge in [-0.2, -0.15) is 0 Å². The predicted molar refractivity (Wildman–Crippen MR) is 109 cm³/mol. The molecule has 1 saturated heterocycles. The number of aryl methyl sites for hydroxylation is 2. The van der Waals surface area contributed by atoms with Crippen LogP contribution in [-0.4, -0.2) is 35.8 Å². The lowest BCUT2D eigenvalue weighted by molar-refractivity contribution is -0.127. The van der Waals surface area contributed by atoms with Crippen LogP contribution in [0.4, 0.5) is 0 Å². The number of hydrogen-bond donors (Lipinski definition) is 1. The van der Waals surface area contributed by atoms with E-state index < -0.39 is 0 Å². The summed E-state index contributed by atoms with van der Waals surface area (Å²) in [5.74, 6) is 0.141. The molecule has 1 aromatic rings. The Bertz CT molecular complexity index is 642. The van der Waals surface area contributed by atoms with Gasteiger partial charge >= 0.3 is 0 Å². The molecule has 1 unspecified atom stereocenters. The number of nitrogens with one attached hydrogen (secondary N) is 1. The smallest absolute Gasteiger partial charge is 0.253 e. The molecule has 0 bridgehead atoms. The number of nitrogens with zero attached hydrogens (tertiary/aromatic N) is 1. The van der Waals surface area contributed by atoms with Gasteiger partial charge in [0.25, 0.3) is 5.91 Å². The Morgan fingerprint density at radius 3 is 2.19 bits per heavy atom. The lowest BCUT2D eigenvalue weighted by Crippen LogP contribution is -2.47. The summed E-state index contributed by atoms with van der Waals surface area (Å²) in [6, 6.07) is 6.31. The Morgan fingerprint density at radius 2 is 1.52 bits per heavy atom. The molecule has 1 saturated carbocycles. The summed E-state index contributed by atoms with van der Waals surface area (Å²) in [5, 5.41) is 3.30. The Kier molecular flexibility index (Phi) is 6.92. The maximum atomic E-state index is 12.9. The van der Waals surface area contributed by atoms with E-state index in [9.17, 15) is 9.59 Å². The van der Waals surface area contributed by atoms with Crippen molar-refractivity contribution in [2.24, 2.45) is 5.92 Å². The average Bonchev–Trinajstić information content (AvgIpc) is 2.62. The standard InChI is InChI=1S/C23H34N2O2/c1-17-13-18(2)15-20(14-17)23(27)25-12-8-9-19(16-25)22(26)24-21-10-6-4-3-5-7-11-21/h13-15,19,21H,3-12,16H2,1-2H3,(H,24,26). The Labute approximate surface area is 163 Å². The van der Waals surface area contributed by atoms with Crippen LogP contribution < -0.4 is 5.32 Å². The van der Waals surface area contributed by atoms with Crippen LogP contribution >= 0.6 is 0 Å². The van der Waals surface area contributed by atoms with Crippen molar-refractivity contribution in [3.8, 4) is 0 Å². The predicted octanol–water partition coefficient (Wildman–Crippen LogP) is 4.38. The zero-order chi connectivity index (χ0) is 19.2. The van der Waals surface area contributed by atoms with Crippen molar-refractivity contribution in [2.75, 3.05) is 13.1 Å². The molecule has 1 aromatic carbocycles. The highest BCUT2D eigenvalue weighted by molar-refractivity contribution is 5.95. The number of hydrogen-bond acceptors (Lipinski definition) is 2. The Morgan fingerprint density at radius 1 is 0.889 bits per heavy atom. The molecule has 4 heteroatoms. The van der Waals surface area contributed by atoms with Crippen molar-refractivity contribution in [3.05, 3.63) is 34.9 Å². The molecule has 1 heterocycles. The van der Waals surface area contributed by atoms with Crippen molar-refractivity contribution in [1.82, 2.24) is 10.2 Å². The van der Waals surface area contributed by atoms with Crippen LogP contribution in [-0.2, 0) is 4.79 Å². The van der Waals surface area contributed by atoms with Gasteiger partial charge in [-0.3, -0.25) is 9.59 Å². The first-order valence-corrected chi connectivity index (χ1v) is 10.7. The van der Waals surface area contributed by atoms with Crippen molar-refractivity contribution < 1.29 is 9.59 Å². The lowest BCUT2D eigenvalue weighted by atomic mass is 9.93. The number of amides is 2. The minimum Gasteiger partial charge on any atom is -0.353 e. The van der Waals surface area contributed by atoms with Gasteiger partial charge in [-0.25, -0.2) is 0 Å². The van der Waals surface area contributed by atoms with E-state index in [2.05, 4.69) is 11.4 Å². The number of piperidine rings is 1. The van der Waals surface area contributed by atoms with Gasteiger partial charge in [-0.05, 0) is 51.7 Å². The molecule has 2 fully saturated rings. The molecule has 1 atom stereocenters. The summed E-state index contributed by atoms with van der Waals surface area (Å²) < 4.78 is 0. The van der Waals surface area contributed by atoms with Crippen LogP contribution in [0.25, 0.3) is 0 Å². The average molecular weight is 371 g/mol. The van der Waals surface area contributed by atoms with Gasteiger partial charge < -0.3 is 10.2 Å². The zero-order valence-corrected chi connectivity index (χ0v) is 16.9. The van der Waals surface area contributed by atoms with Crippen LogP contribution in [0, 0.1) is 19.8 Å². The molecular weight excluding hydrogens is 336 g/mol. The zero-order valence-electron chi connectivity index (χ0n) is 16.9. The second-order valence-electron chi connectivity index (χ2n) is 8.52. The third-order valence-corrected chi connectivity index (χ3v) is 6.00. The highest BCUT2D eigenvalue weighted by atomic mass is 16.2. The van der Waals surface area contributed by atoms with Gasteiger partial charge in [0.2, 0.25) is 5.91 Å². The van der Waals surface area contributed by atoms with Crippen LogP contribution in [0.2, 0.25) is 0 Å². The highest BCUT2D eigenvalue weighted by Gasteiger charge is 2.30. The van der Waals surface area contributed by atoms with Crippen LogP contribution in [0.15, 0.2) is 18.2 Å². The summed E-state index contributed by atoms with van der Waals surface area (Å²) in [4.78, 5) is 27.6. The monoisotopic (exact) mass is 370 g/mol. The number of benzene rings is 1. The molecule has 148 valence electrons. The van der Waals surface area contributed by atoms with Gasteiger partial charge in [0.05, 0.1) is 5.92 Å². The van der Waals surface area contributed by atoms with Crippen molar-refractivity contribution in [1.29, 1.82) is 0 Å². The van der Waals surface area contributed by atoms with E-state index in [0.29, 0.717) is 12.6 Å². The highest BCUT2D eigenvalue weighted by Crippen LogP contribution is 2.22. The molecule has 0 radical (unpaired) electrons. The first-order chi connectivity index (χ1) is 13.0. The van der Waals surface area contributed by atoms with Crippen molar-refractivity contribution in [2.45, 2.75) is 77.7 Å². The van der Waals surface area contributed by atoms with E-state index >= 15 is 0 Å². The van der Waals surface area contributed by atoms with E-state index in [-0.39, 0.29) is 17.7 Å². The first kappa shape index (κ1) is 19.9. The molecule has 2 amide bonds. The largest absolute Gasteiger partial charge is 0.353 e. The van der Waals surface area contributed by atoms with Gasteiger partial charge in [0.15, 0.2) is 0 Å². The normalized spacial score (nSPS) is 22.0. The second kappa shape index (κ2) is 9.38. The minimum atomic E-state index is -0.0703. The molecule has 2 aliphatic rings. The van der Waals surface area contributed by atoms with E-state index in [0.717, 1.165) is 48.9 Å². The second-order valence-corrected chi connectivity index (χ2v) is 8.52. The van der Waals surface area contributed by atoms with Crippen LogP contribution in [0.5, 0.6) is 0 Å². The summed E-state index contributed by atoms with van der Waals surface area (Å²) in [6.45, 7) is 5.33. The molecule has 27 heavy (non-hydrogen) atoms. The minimum absolute atomic E-state index is 0.0604. The van der Waals surface area contributed by atoms with Crippen LogP contribution in [0.3, 0.4) is 0 Å². The topological polar surface area (TPSA) is 49.4 Å². The summed E-state index contributed by atoms with van der Waals surface area (Å²) in [6.07, 6.45) is 10.3. The van der Waals surface area contributed by atoms with Gasteiger partial charge in [-0.1, -0.05) is 49.3 Å².